The minimum absolute atomic E-state index is 0.664. The van der Waals surface area contributed by atoms with Gasteiger partial charge in [-0.25, -0.2) is 0 Å². The lowest BCUT2D eigenvalue weighted by molar-refractivity contribution is 0.112. The lowest BCUT2D eigenvalue weighted by atomic mass is 10.2. The van der Waals surface area contributed by atoms with Crippen molar-refractivity contribution in [3.63, 3.8) is 0 Å². The van der Waals surface area contributed by atoms with Crippen LogP contribution >= 0.6 is 11.8 Å². The molecule has 1 heterocycles. The number of carbonyl (C=O) groups is 1. The van der Waals surface area contributed by atoms with Crippen molar-refractivity contribution < 1.29 is 4.79 Å². The number of hydrogen-bond acceptors (Lipinski definition) is 4. The van der Waals surface area contributed by atoms with Crippen LogP contribution in [-0.4, -0.2) is 29.6 Å². The first-order chi connectivity index (χ1) is 11.2. The number of H-pyrrole nitrogens is 1. The average molecular weight is 325 g/mol. The molecule has 0 bridgehead atoms. The fourth-order valence-electron chi connectivity index (χ4n) is 2.58. The van der Waals surface area contributed by atoms with Gasteiger partial charge in [0.05, 0.1) is 5.52 Å². The van der Waals surface area contributed by atoms with Gasteiger partial charge in [-0.2, -0.15) is 5.10 Å². The Hall–Kier alpha value is -2.27. The maximum absolute atomic E-state index is 11.0. The van der Waals surface area contributed by atoms with Crippen LogP contribution < -0.4 is 4.90 Å². The molecule has 0 aliphatic heterocycles. The van der Waals surface area contributed by atoms with Crippen LogP contribution in [0.2, 0.25) is 0 Å². The normalized spacial score (nSPS) is 10.9. The van der Waals surface area contributed by atoms with Crippen molar-refractivity contribution >= 4 is 34.6 Å². The highest BCUT2D eigenvalue weighted by molar-refractivity contribution is 7.99. The van der Waals surface area contributed by atoms with E-state index in [1.807, 2.05) is 12.1 Å². The van der Waals surface area contributed by atoms with Gasteiger partial charge in [0.1, 0.15) is 11.3 Å². The van der Waals surface area contributed by atoms with E-state index >= 15 is 0 Å². The molecule has 118 valence electrons. The van der Waals surface area contributed by atoms with Gasteiger partial charge in [-0.3, -0.25) is 9.89 Å². The quantitative estimate of drug-likeness (QED) is 0.684. The minimum atomic E-state index is 0.664. The highest BCUT2D eigenvalue weighted by Gasteiger charge is 2.09. The van der Waals surface area contributed by atoms with Crippen LogP contribution in [0.5, 0.6) is 0 Å². The monoisotopic (exact) mass is 325 g/mol. The Bertz CT molecular complexity index is 807. The molecule has 1 aromatic heterocycles. The van der Waals surface area contributed by atoms with E-state index < -0.39 is 0 Å². The molecule has 4 nitrogen and oxygen atoms in total. The Kier molecular flexibility index (Phi) is 4.67. The Balaban J connectivity index is 1.85. The van der Waals surface area contributed by atoms with Gasteiger partial charge >= 0.3 is 0 Å². The topological polar surface area (TPSA) is 49.0 Å². The number of rotatable bonds is 6. The van der Waals surface area contributed by atoms with E-state index in [1.165, 1.54) is 5.69 Å². The fourth-order valence-corrected chi connectivity index (χ4v) is 3.45. The van der Waals surface area contributed by atoms with Crippen molar-refractivity contribution in [2.24, 2.45) is 0 Å². The molecular weight excluding hydrogens is 306 g/mol. The van der Waals surface area contributed by atoms with Crippen molar-refractivity contribution in [3.05, 3.63) is 48.0 Å². The molecule has 0 fully saturated rings. The molecule has 0 aliphatic carbocycles. The third kappa shape index (κ3) is 3.24. The number of aldehydes is 1. The van der Waals surface area contributed by atoms with Gasteiger partial charge in [0, 0.05) is 34.6 Å². The van der Waals surface area contributed by atoms with Crippen LogP contribution in [0.3, 0.4) is 0 Å². The molecule has 0 unspecified atom stereocenters. The van der Waals surface area contributed by atoms with E-state index in [-0.39, 0.29) is 0 Å². The molecular formula is C18H19N3OS. The number of aromatic nitrogens is 2. The molecule has 2 aromatic carbocycles. The number of fused-ring (bicyclic) bond motifs is 1. The number of hydrogen-bond donors (Lipinski definition) is 1. The fraction of sp³-hybridized carbons (Fsp3) is 0.222. The third-order valence-corrected chi connectivity index (χ3v) is 4.88. The SMILES string of the molecule is CCN(CC)c1ccc(Sc2n[nH]c3ccc(C=O)cc23)cc1. The largest absolute Gasteiger partial charge is 0.372 e. The first kappa shape index (κ1) is 15.6. The van der Waals surface area contributed by atoms with Crippen LogP contribution in [0.15, 0.2) is 52.4 Å². The van der Waals surface area contributed by atoms with Crippen molar-refractivity contribution in [2.45, 2.75) is 23.8 Å². The van der Waals surface area contributed by atoms with Gasteiger partial charge in [0.15, 0.2) is 0 Å². The number of nitrogens with one attached hydrogen (secondary N) is 1. The highest BCUT2D eigenvalue weighted by Crippen LogP contribution is 2.33. The molecule has 23 heavy (non-hydrogen) atoms. The summed E-state index contributed by atoms with van der Waals surface area (Å²) in [6.07, 6.45) is 0.861. The van der Waals surface area contributed by atoms with Crippen LogP contribution in [0.4, 0.5) is 5.69 Å². The highest BCUT2D eigenvalue weighted by atomic mass is 32.2. The van der Waals surface area contributed by atoms with Gasteiger partial charge < -0.3 is 4.90 Å². The minimum Gasteiger partial charge on any atom is -0.372 e. The molecule has 0 spiro atoms. The molecule has 0 saturated heterocycles. The maximum Gasteiger partial charge on any atom is 0.150 e. The summed E-state index contributed by atoms with van der Waals surface area (Å²) < 4.78 is 0. The zero-order valence-electron chi connectivity index (χ0n) is 13.2. The summed E-state index contributed by atoms with van der Waals surface area (Å²) in [5.41, 5.74) is 2.84. The molecule has 0 atom stereocenters. The van der Waals surface area contributed by atoms with E-state index in [4.69, 9.17) is 0 Å². The van der Waals surface area contributed by atoms with E-state index in [0.29, 0.717) is 5.56 Å². The van der Waals surface area contributed by atoms with Gasteiger partial charge in [-0.15, -0.1) is 0 Å². The summed E-state index contributed by atoms with van der Waals surface area (Å²) in [4.78, 5) is 14.4. The molecule has 3 aromatic rings. The summed E-state index contributed by atoms with van der Waals surface area (Å²) in [7, 11) is 0. The van der Waals surface area contributed by atoms with Gasteiger partial charge in [0.25, 0.3) is 0 Å². The van der Waals surface area contributed by atoms with Crippen LogP contribution in [-0.2, 0) is 0 Å². The zero-order chi connectivity index (χ0) is 16.2. The predicted molar refractivity (Wildman–Crippen MR) is 95.6 cm³/mol. The van der Waals surface area contributed by atoms with Crippen LogP contribution in [0, 0.1) is 0 Å². The number of anilines is 1. The van der Waals surface area contributed by atoms with Crippen molar-refractivity contribution in [3.8, 4) is 0 Å². The smallest absolute Gasteiger partial charge is 0.150 e. The first-order valence-electron chi connectivity index (χ1n) is 7.71. The second-order valence-corrected chi connectivity index (χ2v) is 6.28. The van der Waals surface area contributed by atoms with Crippen LogP contribution in [0.1, 0.15) is 24.2 Å². The summed E-state index contributed by atoms with van der Waals surface area (Å²) in [6, 6.07) is 14.1. The van der Waals surface area contributed by atoms with Crippen molar-refractivity contribution in [1.82, 2.24) is 10.2 Å². The Morgan fingerprint density at radius 3 is 2.52 bits per heavy atom. The standard InChI is InChI=1S/C18H19N3OS/c1-3-21(4-2)14-6-8-15(9-7-14)23-18-16-11-13(12-22)5-10-17(16)19-20-18/h5-12H,3-4H2,1-2H3,(H,19,20). The molecule has 0 amide bonds. The molecule has 0 radical (unpaired) electrons. The van der Waals surface area contributed by atoms with E-state index in [2.05, 4.69) is 53.2 Å². The number of benzene rings is 2. The molecule has 3 rings (SSSR count). The van der Waals surface area contributed by atoms with Crippen molar-refractivity contribution in [1.29, 1.82) is 0 Å². The Morgan fingerprint density at radius 1 is 1.13 bits per heavy atom. The van der Waals surface area contributed by atoms with Gasteiger partial charge in [0.2, 0.25) is 0 Å². The van der Waals surface area contributed by atoms with Gasteiger partial charge in [-0.05, 0) is 56.3 Å². The summed E-state index contributed by atoms with van der Waals surface area (Å²) in [6.45, 7) is 6.32. The Morgan fingerprint density at radius 2 is 1.87 bits per heavy atom. The lowest BCUT2D eigenvalue weighted by Gasteiger charge is -2.20. The second-order valence-electron chi connectivity index (χ2n) is 5.22. The maximum atomic E-state index is 11.0. The third-order valence-electron chi connectivity index (χ3n) is 3.87. The predicted octanol–water partition coefficient (Wildman–Crippen LogP) is 4.37. The first-order valence-corrected chi connectivity index (χ1v) is 8.53. The summed E-state index contributed by atoms with van der Waals surface area (Å²) in [5, 5.41) is 9.25. The van der Waals surface area contributed by atoms with Gasteiger partial charge in [-0.1, -0.05) is 11.8 Å². The zero-order valence-corrected chi connectivity index (χ0v) is 14.1. The van der Waals surface area contributed by atoms with E-state index in [1.54, 1.807) is 17.8 Å². The van der Waals surface area contributed by atoms with E-state index in [0.717, 1.165) is 40.2 Å². The number of carbonyl (C=O) groups excluding carboxylic acids is 1. The summed E-state index contributed by atoms with van der Waals surface area (Å²) >= 11 is 1.60. The Labute approximate surface area is 139 Å². The molecule has 0 saturated carbocycles. The molecule has 5 heteroatoms. The number of aromatic amines is 1. The average Bonchev–Trinajstić information content (AvgIpc) is 2.99. The lowest BCUT2D eigenvalue weighted by Crippen LogP contribution is -2.21. The van der Waals surface area contributed by atoms with E-state index in [9.17, 15) is 4.79 Å². The molecule has 1 N–H and O–H groups in total. The second kappa shape index (κ2) is 6.87. The van der Waals surface area contributed by atoms with Crippen LogP contribution in [0.25, 0.3) is 10.9 Å². The summed E-state index contributed by atoms with van der Waals surface area (Å²) in [5.74, 6) is 0. The van der Waals surface area contributed by atoms with Crippen molar-refractivity contribution in [2.75, 3.05) is 18.0 Å². The molecule has 0 aliphatic rings. The number of nitrogens with zero attached hydrogens (tertiary/aromatic N) is 2.